The largest absolute Gasteiger partial charge is 0.478 e. The molecule has 2 aromatic heterocycles. The molecule has 5 nitrogen and oxygen atoms in total. The van der Waals surface area contributed by atoms with Gasteiger partial charge in [-0.2, -0.15) is 0 Å². The van der Waals surface area contributed by atoms with E-state index in [-0.39, 0.29) is 17.0 Å². The van der Waals surface area contributed by atoms with Crippen molar-refractivity contribution in [1.29, 1.82) is 0 Å². The van der Waals surface area contributed by atoms with Gasteiger partial charge < -0.3 is 9.63 Å². The Morgan fingerprint density at radius 2 is 2.43 bits per heavy atom. The van der Waals surface area contributed by atoms with E-state index in [9.17, 15) is 4.79 Å². The molecule has 0 aliphatic rings. The Hall–Kier alpha value is -2.17. The Bertz CT molecular complexity index is 451. The summed E-state index contributed by atoms with van der Waals surface area (Å²) < 4.78 is 4.72. The second-order valence-corrected chi connectivity index (χ2v) is 2.45. The van der Waals surface area contributed by atoms with Gasteiger partial charge in [-0.05, 0) is 12.1 Å². The number of carbonyl (C=O) groups is 1. The zero-order chi connectivity index (χ0) is 9.97. The number of aromatic carboxylic acids is 1. The van der Waals surface area contributed by atoms with Crippen LogP contribution in [0, 0.1) is 12.3 Å². The molecule has 0 unspecified atom stereocenters. The number of hydrogen-bond donors (Lipinski definition) is 1. The average molecular weight is 188 g/mol. The van der Waals surface area contributed by atoms with Crippen LogP contribution in [0.2, 0.25) is 0 Å². The number of nitrogens with zero attached hydrogens (tertiary/aromatic N) is 2. The topological polar surface area (TPSA) is 76.2 Å². The lowest BCUT2D eigenvalue weighted by atomic mass is 10.1. The molecule has 0 amide bonds. The van der Waals surface area contributed by atoms with Crippen molar-refractivity contribution in [3.05, 3.63) is 36.2 Å². The highest BCUT2D eigenvalue weighted by Crippen LogP contribution is 2.19. The third-order valence-corrected chi connectivity index (χ3v) is 1.61. The monoisotopic (exact) mass is 188 g/mol. The summed E-state index contributed by atoms with van der Waals surface area (Å²) in [5.74, 6) is -0.902. The van der Waals surface area contributed by atoms with Crippen molar-refractivity contribution in [2.24, 2.45) is 0 Å². The highest BCUT2D eigenvalue weighted by molar-refractivity contribution is 5.93. The highest BCUT2D eigenvalue weighted by atomic mass is 16.5. The number of rotatable bonds is 2. The van der Waals surface area contributed by atoms with Gasteiger partial charge in [-0.15, -0.1) is 0 Å². The van der Waals surface area contributed by atoms with E-state index in [1.165, 1.54) is 18.3 Å². The molecular formula is C9H4N2O3. The van der Waals surface area contributed by atoms with Gasteiger partial charge in [0.2, 0.25) is 0 Å². The minimum atomic E-state index is -1.07. The second kappa shape index (κ2) is 3.29. The van der Waals surface area contributed by atoms with Crippen molar-refractivity contribution in [2.75, 3.05) is 0 Å². The van der Waals surface area contributed by atoms with E-state index in [1.807, 2.05) is 0 Å². The number of aromatic nitrogens is 2. The average Bonchev–Trinajstić information content (AvgIpc) is 2.70. The Balaban J connectivity index is 2.58. The molecule has 68 valence electrons. The van der Waals surface area contributed by atoms with Crippen molar-refractivity contribution < 1.29 is 14.4 Å². The molecule has 1 N–H and O–H groups in total. The molecule has 0 saturated heterocycles. The summed E-state index contributed by atoms with van der Waals surface area (Å²) in [5.41, 5.74) is 0.252. The maximum atomic E-state index is 10.8. The molecular weight excluding hydrogens is 184 g/mol. The third-order valence-electron chi connectivity index (χ3n) is 1.61. The minimum Gasteiger partial charge on any atom is -0.478 e. The number of carboxylic acid groups (broad SMARTS) is 1. The molecule has 0 bridgehead atoms. The SMILES string of the molecule is O=C(O)c1cccnc1-c1[c][c]no1. The molecule has 2 radical (unpaired) electrons. The molecule has 0 spiro atoms. The van der Waals surface area contributed by atoms with Gasteiger partial charge >= 0.3 is 5.97 Å². The quantitative estimate of drug-likeness (QED) is 0.761. The molecule has 0 aliphatic heterocycles. The lowest BCUT2D eigenvalue weighted by Gasteiger charge is -1.98. The van der Waals surface area contributed by atoms with E-state index >= 15 is 0 Å². The normalized spacial score (nSPS) is 10.0. The molecule has 0 saturated carbocycles. The van der Waals surface area contributed by atoms with Crippen LogP contribution in [-0.4, -0.2) is 21.2 Å². The van der Waals surface area contributed by atoms with Gasteiger partial charge in [-0.3, -0.25) is 4.98 Å². The summed E-state index contributed by atoms with van der Waals surface area (Å²) in [6.07, 6.45) is 3.79. The molecule has 2 heterocycles. The van der Waals surface area contributed by atoms with Crippen LogP contribution in [0.3, 0.4) is 0 Å². The molecule has 0 aromatic carbocycles. The fourth-order valence-corrected chi connectivity index (χ4v) is 1.03. The first-order chi connectivity index (χ1) is 6.79. The van der Waals surface area contributed by atoms with Crippen LogP contribution in [-0.2, 0) is 0 Å². The van der Waals surface area contributed by atoms with Crippen molar-refractivity contribution in [2.45, 2.75) is 0 Å². The lowest BCUT2D eigenvalue weighted by Crippen LogP contribution is -2.00. The number of carboxylic acids is 1. The summed E-state index contributed by atoms with van der Waals surface area (Å²) in [6.45, 7) is 0. The Morgan fingerprint density at radius 1 is 1.57 bits per heavy atom. The van der Waals surface area contributed by atoms with Crippen LogP contribution in [0.1, 0.15) is 10.4 Å². The van der Waals surface area contributed by atoms with E-state index in [2.05, 4.69) is 22.4 Å². The van der Waals surface area contributed by atoms with Crippen molar-refractivity contribution >= 4 is 5.97 Å². The van der Waals surface area contributed by atoms with E-state index in [4.69, 9.17) is 9.63 Å². The van der Waals surface area contributed by atoms with Crippen LogP contribution >= 0.6 is 0 Å². The molecule has 0 atom stereocenters. The molecule has 2 rings (SSSR count). The summed E-state index contributed by atoms with van der Waals surface area (Å²) in [6, 6.07) is 5.49. The van der Waals surface area contributed by atoms with E-state index in [0.717, 1.165) is 0 Å². The Kier molecular flexibility index (Phi) is 1.98. The zero-order valence-electron chi connectivity index (χ0n) is 6.89. The Labute approximate surface area is 79.0 Å². The first-order valence-corrected chi connectivity index (χ1v) is 3.73. The standard InChI is InChI=1S/C9H4N2O3/c12-9(13)6-2-1-4-10-8(6)7-3-5-11-14-7/h1-2,4H,(H,12,13). The van der Waals surface area contributed by atoms with Crippen molar-refractivity contribution in [3.8, 4) is 11.5 Å². The molecule has 0 aliphatic carbocycles. The van der Waals surface area contributed by atoms with Gasteiger partial charge in [-0.25, -0.2) is 4.79 Å². The van der Waals surface area contributed by atoms with E-state index < -0.39 is 5.97 Å². The van der Waals surface area contributed by atoms with Gasteiger partial charge in [-0.1, -0.05) is 5.16 Å². The molecule has 5 heteroatoms. The predicted octanol–water partition coefficient (Wildman–Crippen LogP) is 1.04. The number of pyridine rings is 1. The zero-order valence-corrected chi connectivity index (χ0v) is 6.89. The molecule has 2 aromatic rings. The first kappa shape index (κ1) is 8.43. The van der Waals surface area contributed by atoms with Crippen LogP contribution in [0.4, 0.5) is 0 Å². The summed E-state index contributed by atoms with van der Waals surface area (Å²) in [4.78, 5) is 14.7. The predicted molar refractivity (Wildman–Crippen MR) is 44.4 cm³/mol. The second-order valence-electron chi connectivity index (χ2n) is 2.45. The van der Waals surface area contributed by atoms with Crippen LogP contribution in [0.15, 0.2) is 22.9 Å². The summed E-state index contributed by atoms with van der Waals surface area (Å²) >= 11 is 0. The van der Waals surface area contributed by atoms with Gasteiger partial charge in [0, 0.05) is 6.20 Å². The van der Waals surface area contributed by atoms with Crippen LogP contribution in [0.5, 0.6) is 0 Å². The van der Waals surface area contributed by atoms with Crippen LogP contribution in [0.25, 0.3) is 11.5 Å². The van der Waals surface area contributed by atoms with Crippen LogP contribution < -0.4 is 0 Å². The third kappa shape index (κ3) is 1.35. The summed E-state index contributed by atoms with van der Waals surface area (Å²) in [5, 5.41) is 12.1. The first-order valence-electron chi connectivity index (χ1n) is 3.73. The maximum absolute atomic E-state index is 10.8. The van der Waals surface area contributed by atoms with E-state index in [0.29, 0.717) is 0 Å². The Morgan fingerprint density at radius 3 is 3.07 bits per heavy atom. The summed E-state index contributed by atoms with van der Waals surface area (Å²) in [7, 11) is 0. The van der Waals surface area contributed by atoms with Gasteiger partial charge in [0.1, 0.15) is 11.9 Å². The maximum Gasteiger partial charge on any atom is 0.338 e. The fraction of sp³-hybridized carbons (Fsp3) is 0. The smallest absolute Gasteiger partial charge is 0.338 e. The van der Waals surface area contributed by atoms with Gasteiger partial charge in [0.15, 0.2) is 5.76 Å². The lowest BCUT2D eigenvalue weighted by molar-refractivity contribution is 0.0697. The highest BCUT2D eigenvalue weighted by Gasteiger charge is 2.14. The fourth-order valence-electron chi connectivity index (χ4n) is 1.03. The number of hydrogen-bond acceptors (Lipinski definition) is 4. The molecule has 0 fully saturated rings. The van der Waals surface area contributed by atoms with Crippen molar-refractivity contribution in [3.63, 3.8) is 0 Å². The van der Waals surface area contributed by atoms with Gasteiger partial charge in [0.25, 0.3) is 0 Å². The van der Waals surface area contributed by atoms with E-state index in [1.54, 1.807) is 0 Å². The molecule has 14 heavy (non-hydrogen) atoms. The van der Waals surface area contributed by atoms with Gasteiger partial charge in [0.05, 0.1) is 11.6 Å². The van der Waals surface area contributed by atoms with Crippen molar-refractivity contribution in [1.82, 2.24) is 10.1 Å². The minimum absolute atomic E-state index is 0.0499.